The van der Waals surface area contributed by atoms with Gasteiger partial charge in [0.25, 0.3) is 5.91 Å². The van der Waals surface area contributed by atoms with E-state index in [1.54, 1.807) is 36.2 Å². The standard InChI is InChI=1S/C15H18N2O4/c1-10(18)16(2)13-6-4-3-5-12(13)15(21)17-8-11(9-17)7-14(19)20/h3-6,11H,7-9H2,1-2H3,(H,19,20). The fourth-order valence-corrected chi connectivity index (χ4v) is 2.40. The van der Waals surface area contributed by atoms with Gasteiger partial charge < -0.3 is 14.9 Å². The van der Waals surface area contributed by atoms with Crippen molar-refractivity contribution in [2.45, 2.75) is 13.3 Å². The first kappa shape index (κ1) is 15.0. The zero-order chi connectivity index (χ0) is 15.6. The molecule has 1 aromatic carbocycles. The van der Waals surface area contributed by atoms with Crippen LogP contribution in [-0.2, 0) is 9.59 Å². The van der Waals surface area contributed by atoms with Crippen LogP contribution in [0.4, 0.5) is 5.69 Å². The summed E-state index contributed by atoms with van der Waals surface area (Å²) in [7, 11) is 1.62. The number of carboxylic acid groups (broad SMARTS) is 1. The molecule has 0 bridgehead atoms. The summed E-state index contributed by atoms with van der Waals surface area (Å²) in [4.78, 5) is 37.6. The number of rotatable bonds is 4. The van der Waals surface area contributed by atoms with Crippen molar-refractivity contribution in [3.63, 3.8) is 0 Å². The van der Waals surface area contributed by atoms with Crippen molar-refractivity contribution in [3.8, 4) is 0 Å². The summed E-state index contributed by atoms with van der Waals surface area (Å²) >= 11 is 0. The van der Waals surface area contributed by atoms with Crippen molar-refractivity contribution in [2.75, 3.05) is 25.0 Å². The van der Waals surface area contributed by atoms with Crippen LogP contribution in [0.2, 0.25) is 0 Å². The van der Waals surface area contributed by atoms with E-state index in [9.17, 15) is 14.4 Å². The lowest BCUT2D eigenvalue weighted by Crippen LogP contribution is -2.50. The molecule has 1 aliphatic rings. The lowest BCUT2D eigenvalue weighted by molar-refractivity contribution is -0.139. The number of carboxylic acids is 1. The summed E-state index contributed by atoms with van der Waals surface area (Å²) in [5.74, 6) is -1.14. The van der Waals surface area contributed by atoms with Gasteiger partial charge in [-0.2, -0.15) is 0 Å². The predicted molar refractivity (Wildman–Crippen MR) is 77.2 cm³/mol. The van der Waals surface area contributed by atoms with Gasteiger partial charge in [-0.1, -0.05) is 12.1 Å². The van der Waals surface area contributed by atoms with E-state index in [0.717, 1.165) is 0 Å². The minimum Gasteiger partial charge on any atom is -0.481 e. The average molecular weight is 290 g/mol. The molecular weight excluding hydrogens is 272 g/mol. The Labute approximate surface area is 123 Å². The van der Waals surface area contributed by atoms with Crippen LogP contribution in [-0.4, -0.2) is 47.9 Å². The highest BCUT2D eigenvalue weighted by Crippen LogP contribution is 2.26. The second-order valence-electron chi connectivity index (χ2n) is 5.27. The number of aliphatic carboxylic acids is 1. The van der Waals surface area contributed by atoms with Gasteiger partial charge in [-0.15, -0.1) is 0 Å². The molecule has 21 heavy (non-hydrogen) atoms. The molecule has 0 aliphatic carbocycles. The third-order valence-electron chi connectivity index (χ3n) is 3.68. The molecule has 0 radical (unpaired) electrons. The highest BCUT2D eigenvalue weighted by molar-refractivity contribution is 6.04. The minimum absolute atomic E-state index is 0.0177. The van der Waals surface area contributed by atoms with Crippen molar-refractivity contribution >= 4 is 23.5 Å². The SMILES string of the molecule is CC(=O)N(C)c1ccccc1C(=O)N1CC(CC(=O)O)C1. The van der Waals surface area contributed by atoms with E-state index in [2.05, 4.69) is 0 Å². The van der Waals surface area contributed by atoms with Gasteiger partial charge >= 0.3 is 5.97 Å². The molecule has 0 saturated carbocycles. The quantitative estimate of drug-likeness (QED) is 0.904. The Balaban J connectivity index is 2.11. The van der Waals surface area contributed by atoms with Gasteiger partial charge in [0.1, 0.15) is 0 Å². The third-order valence-corrected chi connectivity index (χ3v) is 3.68. The van der Waals surface area contributed by atoms with Gasteiger partial charge in [-0.05, 0) is 12.1 Å². The van der Waals surface area contributed by atoms with Crippen LogP contribution in [0.3, 0.4) is 0 Å². The fraction of sp³-hybridized carbons (Fsp3) is 0.400. The number of hydrogen-bond acceptors (Lipinski definition) is 3. The van der Waals surface area contributed by atoms with Crippen LogP contribution in [0.25, 0.3) is 0 Å². The smallest absolute Gasteiger partial charge is 0.303 e. The second kappa shape index (κ2) is 5.95. The van der Waals surface area contributed by atoms with Gasteiger partial charge in [0.15, 0.2) is 0 Å². The van der Waals surface area contributed by atoms with Gasteiger partial charge in [0.05, 0.1) is 17.7 Å². The zero-order valence-electron chi connectivity index (χ0n) is 12.1. The van der Waals surface area contributed by atoms with Crippen molar-refractivity contribution in [3.05, 3.63) is 29.8 Å². The lowest BCUT2D eigenvalue weighted by atomic mass is 9.95. The molecule has 1 aliphatic heterocycles. The first-order chi connectivity index (χ1) is 9.90. The number of anilines is 1. The van der Waals surface area contributed by atoms with Crippen molar-refractivity contribution < 1.29 is 19.5 Å². The average Bonchev–Trinajstić information content (AvgIpc) is 2.40. The molecule has 1 fully saturated rings. The van der Waals surface area contributed by atoms with Crippen LogP contribution in [0, 0.1) is 5.92 Å². The Morgan fingerprint density at radius 1 is 1.29 bits per heavy atom. The number of hydrogen-bond donors (Lipinski definition) is 1. The molecular formula is C15H18N2O4. The Kier molecular flexibility index (Phi) is 4.26. The highest BCUT2D eigenvalue weighted by Gasteiger charge is 2.33. The van der Waals surface area contributed by atoms with E-state index in [4.69, 9.17) is 5.11 Å². The summed E-state index contributed by atoms with van der Waals surface area (Å²) in [6.07, 6.45) is 0.0821. The number of carbonyl (C=O) groups excluding carboxylic acids is 2. The van der Waals surface area contributed by atoms with Crippen LogP contribution in [0.5, 0.6) is 0 Å². The number of likely N-dealkylation sites (tertiary alicyclic amines) is 1. The van der Waals surface area contributed by atoms with E-state index in [0.29, 0.717) is 24.3 Å². The minimum atomic E-state index is -0.844. The first-order valence-corrected chi connectivity index (χ1v) is 6.74. The van der Waals surface area contributed by atoms with E-state index in [1.165, 1.54) is 11.8 Å². The largest absolute Gasteiger partial charge is 0.481 e. The van der Waals surface area contributed by atoms with Crippen LogP contribution < -0.4 is 4.90 Å². The van der Waals surface area contributed by atoms with Gasteiger partial charge in [-0.3, -0.25) is 14.4 Å². The van der Waals surface area contributed by atoms with Crippen molar-refractivity contribution in [1.29, 1.82) is 0 Å². The third kappa shape index (κ3) is 3.21. The Morgan fingerprint density at radius 2 is 1.90 bits per heavy atom. The Bertz CT molecular complexity index is 579. The summed E-state index contributed by atoms with van der Waals surface area (Å²) in [6.45, 7) is 2.33. The molecule has 0 atom stereocenters. The van der Waals surface area contributed by atoms with Gasteiger partial charge in [0.2, 0.25) is 5.91 Å². The molecule has 0 spiro atoms. The first-order valence-electron chi connectivity index (χ1n) is 6.74. The molecule has 1 saturated heterocycles. The molecule has 112 valence electrons. The number of amides is 2. The van der Waals surface area contributed by atoms with E-state index < -0.39 is 5.97 Å². The summed E-state index contributed by atoms with van der Waals surface area (Å²) in [6, 6.07) is 6.93. The van der Waals surface area contributed by atoms with Crippen LogP contribution >= 0.6 is 0 Å². The van der Waals surface area contributed by atoms with E-state index >= 15 is 0 Å². The number of para-hydroxylation sites is 1. The molecule has 0 unspecified atom stereocenters. The predicted octanol–water partition coefficient (Wildman–Crippen LogP) is 1.22. The maximum atomic E-state index is 12.4. The van der Waals surface area contributed by atoms with Crippen LogP contribution in [0.1, 0.15) is 23.7 Å². The number of benzene rings is 1. The summed E-state index contributed by atoms with van der Waals surface area (Å²) < 4.78 is 0. The van der Waals surface area contributed by atoms with E-state index in [-0.39, 0.29) is 24.2 Å². The zero-order valence-corrected chi connectivity index (χ0v) is 12.1. The molecule has 2 rings (SSSR count). The Hall–Kier alpha value is -2.37. The van der Waals surface area contributed by atoms with Crippen molar-refractivity contribution in [2.24, 2.45) is 5.92 Å². The Morgan fingerprint density at radius 3 is 2.48 bits per heavy atom. The maximum Gasteiger partial charge on any atom is 0.303 e. The molecule has 6 heteroatoms. The molecule has 1 aromatic rings. The molecule has 0 aromatic heterocycles. The lowest BCUT2D eigenvalue weighted by Gasteiger charge is -2.39. The normalized spacial score (nSPS) is 14.5. The maximum absolute atomic E-state index is 12.4. The van der Waals surface area contributed by atoms with Gasteiger partial charge in [0, 0.05) is 33.0 Å². The van der Waals surface area contributed by atoms with E-state index in [1.807, 2.05) is 0 Å². The second-order valence-corrected chi connectivity index (χ2v) is 5.27. The molecule has 6 nitrogen and oxygen atoms in total. The number of carbonyl (C=O) groups is 3. The highest BCUT2D eigenvalue weighted by atomic mass is 16.4. The molecule has 1 N–H and O–H groups in total. The fourth-order valence-electron chi connectivity index (χ4n) is 2.40. The number of nitrogens with zero attached hydrogens (tertiary/aromatic N) is 2. The summed E-state index contributed by atoms with van der Waals surface area (Å²) in [5.41, 5.74) is 1.03. The topological polar surface area (TPSA) is 77.9 Å². The van der Waals surface area contributed by atoms with Gasteiger partial charge in [-0.25, -0.2) is 0 Å². The van der Waals surface area contributed by atoms with Crippen LogP contribution in [0.15, 0.2) is 24.3 Å². The molecule has 1 heterocycles. The summed E-state index contributed by atoms with van der Waals surface area (Å²) in [5, 5.41) is 8.72. The van der Waals surface area contributed by atoms with Crippen molar-refractivity contribution in [1.82, 2.24) is 4.90 Å². The monoisotopic (exact) mass is 290 g/mol. The molecule has 2 amide bonds.